The van der Waals surface area contributed by atoms with Gasteiger partial charge in [0.25, 0.3) is 6.43 Å². The zero-order valence-electron chi connectivity index (χ0n) is 7.02. The van der Waals surface area contributed by atoms with Crippen LogP contribution in [0, 0.1) is 6.92 Å². The van der Waals surface area contributed by atoms with E-state index >= 15 is 0 Å². The minimum absolute atomic E-state index is 0.137. The lowest BCUT2D eigenvalue weighted by Crippen LogP contribution is -2.04. The Balaban J connectivity index is 3.23. The fourth-order valence-corrected chi connectivity index (χ4v) is 1.24. The summed E-state index contributed by atoms with van der Waals surface area (Å²) in [5, 5.41) is 0.236. The Hall–Kier alpha value is -0.740. The van der Waals surface area contributed by atoms with E-state index in [0.717, 1.165) is 6.20 Å². The first-order valence-electron chi connectivity index (χ1n) is 3.70. The van der Waals surface area contributed by atoms with Crippen molar-refractivity contribution < 1.29 is 8.78 Å². The molecule has 0 aliphatic rings. The summed E-state index contributed by atoms with van der Waals surface area (Å²) in [6.07, 6.45) is -1.43. The maximum absolute atomic E-state index is 12.3. The number of aromatic nitrogens is 1. The van der Waals surface area contributed by atoms with Gasteiger partial charge in [0, 0.05) is 18.3 Å². The molecule has 0 spiro atoms. The number of pyridine rings is 1. The summed E-state index contributed by atoms with van der Waals surface area (Å²) in [7, 11) is 0. The molecule has 0 fully saturated rings. The molecule has 0 amide bonds. The van der Waals surface area contributed by atoms with E-state index < -0.39 is 6.43 Å². The van der Waals surface area contributed by atoms with Gasteiger partial charge in [0.1, 0.15) is 0 Å². The molecule has 0 saturated heterocycles. The summed E-state index contributed by atoms with van der Waals surface area (Å²) in [5.41, 5.74) is 5.98. The third-order valence-corrected chi connectivity index (χ3v) is 2.31. The van der Waals surface area contributed by atoms with Gasteiger partial charge in [-0.25, -0.2) is 8.78 Å². The van der Waals surface area contributed by atoms with Crippen LogP contribution in [-0.2, 0) is 6.54 Å². The molecule has 0 saturated carbocycles. The monoisotopic (exact) mass is 206 g/mol. The zero-order chi connectivity index (χ0) is 10.0. The SMILES string of the molecule is Cc1c(C(F)F)cnc(CN)c1Cl. The third-order valence-electron chi connectivity index (χ3n) is 1.80. The van der Waals surface area contributed by atoms with Gasteiger partial charge in [0.05, 0.1) is 10.7 Å². The number of halogens is 3. The van der Waals surface area contributed by atoms with Crippen LogP contribution in [0.25, 0.3) is 0 Å². The van der Waals surface area contributed by atoms with E-state index in [-0.39, 0.29) is 17.1 Å². The number of nitrogens with zero attached hydrogens (tertiary/aromatic N) is 1. The molecule has 5 heteroatoms. The molecule has 0 bridgehead atoms. The average Bonchev–Trinajstić information content (AvgIpc) is 2.09. The van der Waals surface area contributed by atoms with Crippen molar-refractivity contribution in [1.29, 1.82) is 0 Å². The van der Waals surface area contributed by atoms with Crippen molar-refractivity contribution in [2.45, 2.75) is 19.9 Å². The standard InChI is InChI=1S/C8H9ClF2N2/c1-4-5(8(10)11)3-13-6(2-12)7(4)9/h3,8H,2,12H2,1H3. The van der Waals surface area contributed by atoms with E-state index in [4.69, 9.17) is 17.3 Å². The van der Waals surface area contributed by atoms with Crippen LogP contribution < -0.4 is 5.73 Å². The molecule has 0 aliphatic carbocycles. The molecule has 72 valence electrons. The smallest absolute Gasteiger partial charge is 0.265 e. The Morgan fingerprint density at radius 1 is 1.62 bits per heavy atom. The van der Waals surface area contributed by atoms with Crippen molar-refractivity contribution in [3.8, 4) is 0 Å². The average molecular weight is 207 g/mol. The molecule has 2 N–H and O–H groups in total. The molecular formula is C8H9ClF2N2. The van der Waals surface area contributed by atoms with Gasteiger partial charge in [-0.1, -0.05) is 11.6 Å². The predicted octanol–water partition coefficient (Wildman–Crippen LogP) is 2.44. The quantitative estimate of drug-likeness (QED) is 0.807. The summed E-state index contributed by atoms with van der Waals surface area (Å²) in [5.74, 6) is 0. The van der Waals surface area contributed by atoms with Crippen LogP contribution in [0.15, 0.2) is 6.20 Å². The number of hydrogen-bond acceptors (Lipinski definition) is 2. The molecule has 0 unspecified atom stereocenters. The highest BCUT2D eigenvalue weighted by atomic mass is 35.5. The van der Waals surface area contributed by atoms with E-state index in [0.29, 0.717) is 11.3 Å². The molecule has 1 heterocycles. The second-order valence-electron chi connectivity index (χ2n) is 2.60. The van der Waals surface area contributed by atoms with Crippen LogP contribution in [-0.4, -0.2) is 4.98 Å². The molecule has 1 aromatic heterocycles. The molecule has 0 aliphatic heterocycles. The van der Waals surface area contributed by atoms with E-state index in [1.54, 1.807) is 0 Å². The summed E-state index contributed by atoms with van der Waals surface area (Å²) in [6.45, 7) is 1.69. The fourth-order valence-electron chi connectivity index (χ4n) is 1.01. The number of rotatable bonds is 2. The Morgan fingerprint density at radius 3 is 2.69 bits per heavy atom. The molecule has 1 aromatic rings. The Morgan fingerprint density at radius 2 is 2.23 bits per heavy atom. The summed E-state index contributed by atoms with van der Waals surface area (Å²) in [4.78, 5) is 3.74. The minimum Gasteiger partial charge on any atom is -0.325 e. The van der Waals surface area contributed by atoms with Crippen molar-refractivity contribution in [3.63, 3.8) is 0 Å². The van der Waals surface area contributed by atoms with Gasteiger partial charge in [0.2, 0.25) is 0 Å². The Labute approximate surface area is 79.7 Å². The van der Waals surface area contributed by atoms with E-state index in [2.05, 4.69) is 4.98 Å². The largest absolute Gasteiger partial charge is 0.325 e. The summed E-state index contributed by atoms with van der Waals surface area (Å²) in [6, 6.07) is 0. The second kappa shape index (κ2) is 3.98. The highest BCUT2D eigenvalue weighted by Gasteiger charge is 2.15. The van der Waals surface area contributed by atoms with Gasteiger partial charge >= 0.3 is 0 Å². The molecule has 2 nitrogen and oxygen atoms in total. The van der Waals surface area contributed by atoms with Crippen molar-refractivity contribution in [2.24, 2.45) is 5.73 Å². The van der Waals surface area contributed by atoms with E-state index in [1.165, 1.54) is 6.92 Å². The lowest BCUT2D eigenvalue weighted by Gasteiger charge is -2.08. The van der Waals surface area contributed by atoms with Crippen LogP contribution in [0.1, 0.15) is 23.2 Å². The Bertz CT molecular complexity index is 315. The van der Waals surface area contributed by atoms with Gasteiger partial charge in [-0.2, -0.15) is 0 Å². The lowest BCUT2D eigenvalue weighted by atomic mass is 10.1. The maximum atomic E-state index is 12.3. The fraction of sp³-hybridized carbons (Fsp3) is 0.375. The van der Waals surface area contributed by atoms with Gasteiger partial charge < -0.3 is 5.73 Å². The van der Waals surface area contributed by atoms with E-state index in [1.807, 2.05) is 0 Å². The van der Waals surface area contributed by atoms with Crippen LogP contribution in [0.3, 0.4) is 0 Å². The third kappa shape index (κ3) is 1.95. The summed E-state index contributed by atoms with van der Waals surface area (Å²) < 4.78 is 24.6. The summed E-state index contributed by atoms with van der Waals surface area (Å²) >= 11 is 5.77. The highest BCUT2D eigenvalue weighted by Crippen LogP contribution is 2.28. The van der Waals surface area contributed by atoms with Crippen molar-refractivity contribution in [3.05, 3.63) is 28.0 Å². The van der Waals surface area contributed by atoms with Crippen LogP contribution in [0.5, 0.6) is 0 Å². The first kappa shape index (κ1) is 10.3. The van der Waals surface area contributed by atoms with Crippen molar-refractivity contribution >= 4 is 11.6 Å². The number of alkyl halides is 2. The molecular weight excluding hydrogens is 198 g/mol. The van der Waals surface area contributed by atoms with Gasteiger partial charge in [0.15, 0.2) is 0 Å². The lowest BCUT2D eigenvalue weighted by molar-refractivity contribution is 0.150. The van der Waals surface area contributed by atoms with Crippen LogP contribution >= 0.6 is 11.6 Å². The first-order chi connectivity index (χ1) is 6.07. The van der Waals surface area contributed by atoms with Crippen LogP contribution in [0.4, 0.5) is 8.78 Å². The van der Waals surface area contributed by atoms with Crippen LogP contribution in [0.2, 0.25) is 5.02 Å². The normalized spacial score (nSPS) is 10.9. The van der Waals surface area contributed by atoms with E-state index in [9.17, 15) is 8.78 Å². The van der Waals surface area contributed by atoms with Crippen molar-refractivity contribution in [1.82, 2.24) is 4.98 Å². The Kier molecular flexibility index (Phi) is 3.17. The first-order valence-corrected chi connectivity index (χ1v) is 4.07. The number of hydrogen-bond donors (Lipinski definition) is 1. The van der Waals surface area contributed by atoms with Gasteiger partial charge in [-0.3, -0.25) is 4.98 Å². The van der Waals surface area contributed by atoms with Gasteiger partial charge in [-0.15, -0.1) is 0 Å². The zero-order valence-corrected chi connectivity index (χ0v) is 7.78. The molecule has 0 aromatic carbocycles. The second-order valence-corrected chi connectivity index (χ2v) is 2.98. The highest BCUT2D eigenvalue weighted by molar-refractivity contribution is 6.32. The molecule has 0 atom stereocenters. The van der Waals surface area contributed by atoms with Gasteiger partial charge in [-0.05, 0) is 12.5 Å². The predicted molar refractivity (Wildman–Crippen MR) is 46.8 cm³/mol. The minimum atomic E-state index is -2.54. The molecule has 0 radical (unpaired) electrons. The maximum Gasteiger partial charge on any atom is 0.265 e. The number of nitrogens with two attached hydrogens (primary N) is 1. The molecule has 1 rings (SSSR count). The van der Waals surface area contributed by atoms with Crippen molar-refractivity contribution in [2.75, 3.05) is 0 Å². The topological polar surface area (TPSA) is 38.9 Å². The molecule has 13 heavy (non-hydrogen) atoms.